The largest absolute Gasteiger partial charge is 0.310 e. The highest BCUT2D eigenvalue weighted by atomic mass is 15.2. The number of fused-ring (bicyclic) bond motifs is 8. The van der Waals surface area contributed by atoms with Crippen molar-refractivity contribution in [1.29, 1.82) is 0 Å². The minimum atomic E-state index is 1.09. The monoisotopic (exact) mass is 994 g/mol. The fraction of sp³-hybridized carbons (Fsp3) is 0. The van der Waals surface area contributed by atoms with Gasteiger partial charge in [0, 0.05) is 66.4 Å². The highest BCUT2D eigenvalue weighted by molar-refractivity contribution is 6.13. The Morgan fingerprint density at radius 2 is 0.513 bits per heavy atom. The molecule has 0 aliphatic rings. The first-order valence-electron chi connectivity index (χ1n) is 26.7. The van der Waals surface area contributed by atoms with Gasteiger partial charge in [0.1, 0.15) is 0 Å². The lowest BCUT2D eigenvalue weighted by Gasteiger charge is -2.27. The Kier molecular flexibility index (Phi) is 10.8. The van der Waals surface area contributed by atoms with Crippen LogP contribution in [0.3, 0.4) is 0 Å². The van der Waals surface area contributed by atoms with E-state index in [9.17, 15) is 0 Å². The van der Waals surface area contributed by atoms with Gasteiger partial charge in [0.15, 0.2) is 0 Å². The lowest BCUT2D eigenvalue weighted by atomic mass is 9.99. The van der Waals surface area contributed by atoms with E-state index >= 15 is 0 Å². The van der Waals surface area contributed by atoms with E-state index in [0.29, 0.717) is 0 Å². The summed E-state index contributed by atoms with van der Waals surface area (Å²) < 4.78 is 4.75. The third-order valence-electron chi connectivity index (χ3n) is 15.7. The number of hydrogen-bond donors (Lipinski definition) is 0. The summed E-state index contributed by atoms with van der Waals surface area (Å²) in [6.07, 6.45) is 0. The van der Waals surface area contributed by atoms with E-state index in [0.717, 1.165) is 56.6 Å². The van der Waals surface area contributed by atoms with Crippen molar-refractivity contribution in [1.82, 2.24) is 9.13 Å². The van der Waals surface area contributed by atoms with Gasteiger partial charge in [-0.05, 0) is 142 Å². The van der Waals surface area contributed by atoms with Crippen molar-refractivity contribution in [2.75, 3.05) is 9.80 Å². The molecule has 0 bridgehead atoms. The van der Waals surface area contributed by atoms with E-state index in [1.807, 2.05) is 0 Å². The molecule has 13 aromatic carbocycles. The van der Waals surface area contributed by atoms with E-state index in [1.165, 1.54) is 76.3 Å². The highest BCUT2D eigenvalue weighted by Crippen LogP contribution is 2.45. The summed E-state index contributed by atoms with van der Waals surface area (Å²) in [6.45, 7) is 0. The second-order valence-electron chi connectivity index (χ2n) is 20.1. The third kappa shape index (κ3) is 7.61. The predicted octanol–water partition coefficient (Wildman–Crippen LogP) is 20.5. The lowest BCUT2D eigenvalue weighted by molar-refractivity contribution is 1.18. The summed E-state index contributed by atoms with van der Waals surface area (Å²) in [5.74, 6) is 0. The molecule has 0 aliphatic heterocycles. The molecule has 0 amide bonds. The number of aromatic nitrogens is 2. The molecule has 0 N–H and O–H groups in total. The van der Waals surface area contributed by atoms with E-state index in [-0.39, 0.29) is 0 Å². The van der Waals surface area contributed by atoms with Crippen molar-refractivity contribution in [3.63, 3.8) is 0 Å². The molecule has 2 aromatic heterocycles. The normalized spacial score (nSPS) is 11.6. The quantitative estimate of drug-likeness (QED) is 0.136. The van der Waals surface area contributed by atoms with Crippen LogP contribution < -0.4 is 9.80 Å². The maximum Gasteiger partial charge on any atom is 0.0542 e. The summed E-state index contributed by atoms with van der Waals surface area (Å²) in [4.78, 5) is 4.83. The minimum absolute atomic E-state index is 1.09. The van der Waals surface area contributed by atoms with Crippen LogP contribution in [-0.4, -0.2) is 9.13 Å². The summed E-state index contributed by atoms with van der Waals surface area (Å²) in [6, 6.07) is 110. The molecule has 0 radical (unpaired) electrons. The maximum absolute atomic E-state index is 2.41. The van der Waals surface area contributed by atoms with Gasteiger partial charge in [-0.25, -0.2) is 0 Å². The third-order valence-corrected chi connectivity index (χ3v) is 15.7. The van der Waals surface area contributed by atoms with E-state index in [4.69, 9.17) is 0 Å². The zero-order valence-corrected chi connectivity index (χ0v) is 42.7. The van der Waals surface area contributed by atoms with Crippen molar-refractivity contribution in [2.24, 2.45) is 0 Å². The Bertz CT molecular complexity index is 4390. The van der Waals surface area contributed by atoms with Crippen LogP contribution in [0.5, 0.6) is 0 Å². The Morgan fingerprint density at radius 1 is 0.205 bits per heavy atom. The lowest BCUT2D eigenvalue weighted by Crippen LogP contribution is -2.10. The standard InChI is InChI=1S/C74H50N4/c1-3-21-57(22-4-1)77-71-29-13-11-27-65(71)67-49-61(45-47-73(67)77)75(69-31-15-19-55-17-7-9-25-63(55)69)59-41-37-53(38-42-59)51-33-35-52(36-34-51)54-39-43-60(44-40-54)76(70-32-16-20-56-18-8-10-26-64(56)70)62-46-48-74-68(50-62)66-28-12-14-30-72(66)78(74)58-23-5-2-6-24-58/h1-50H. The average Bonchev–Trinajstić information content (AvgIpc) is 4.26. The Morgan fingerprint density at radius 3 is 0.923 bits per heavy atom. The maximum atomic E-state index is 2.41. The molecule has 4 nitrogen and oxygen atoms in total. The van der Waals surface area contributed by atoms with Crippen LogP contribution in [0.25, 0.3) is 98.8 Å². The van der Waals surface area contributed by atoms with Crippen molar-refractivity contribution in [2.45, 2.75) is 0 Å². The van der Waals surface area contributed by atoms with Crippen LogP contribution in [-0.2, 0) is 0 Å². The number of nitrogens with zero attached hydrogens (tertiary/aromatic N) is 4. The van der Waals surface area contributed by atoms with Gasteiger partial charge in [-0.2, -0.15) is 0 Å². The fourth-order valence-corrected chi connectivity index (χ4v) is 12.0. The van der Waals surface area contributed by atoms with Gasteiger partial charge in [0.05, 0.1) is 33.4 Å². The first kappa shape index (κ1) is 45.0. The SMILES string of the molecule is c1ccc(-n2c3ccccc3c3cc(N(c4ccc(-c5ccc(-c6ccc(N(c7ccc8c(c7)c7ccccc7n8-c7ccccc7)c7cccc8ccccc78)cc6)cc5)cc4)c4cccc5ccccc45)ccc32)cc1. The molecule has 0 aliphatic carbocycles. The molecule has 0 spiro atoms. The highest BCUT2D eigenvalue weighted by Gasteiger charge is 2.21. The molecule has 0 fully saturated rings. The smallest absolute Gasteiger partial charge is 0.0542 e. The zero-order valence-electron chi connectivity index (χ0n) is 42.7. The predicted molar refractivity (Wildman–Crippen MR) is 330 cm³/mol. The molecular formula is C74H50N4. The van der Waals surface area contributed by atoms with Gasteiger partial charge < -0.3 is 18.9 Å². The van der Waals surface area contributed by atoms with Crippen molar-refractivity contribution >= 4 is 99.3 Å². The van der Waals surface area contributed by atoms with Gasteiger partial charge >= 0.3 is 0 Å². The van der Waals surface area contributed by atoms with Crippen LogP contribution in [0, 0.1) is 0 Å². The van der Waals surface area contributed by atoms with E-state index in [2.05, 4.69) is 322 Å². The molecule has 366 valence electrons. The number of para-hydroxylation sites is 4. The van der Waals surface area contributed by atoms with Gasteiger partial charge in [0.25, 0.3) is 0 Å². The van der Waals surface area contributed by atoms with Crippen LogP contribution in [0.2, 0.25) is 0 Å². The summed E-state index contributed by atoms with van der Waals surface area (Å²) in [7, 11) is 0. The van der Waals surface area contributed by atoms with Crippen LogP contribution in [0.1, 0.15) is 0 Å². The number of benzene rings is 13. The molecule has 78 heavy (non-hydrogen) atoms. The van der Waals surface area contributed by atoms with E-state index in [1.54, 1.807) is 0 Å². The van der Waals surface area contributed by atoms with Gasteiger partial charge in [-0.3, -0.25) is 0 Å². The molecule has 0 unspecified atom stereocenters. The van der Waals surface area contributed by atoms with E-state index < -0.39 is 0 Å². The molecule has 0 atom stereocenters. The van der Waals surface area contributed by atoms with Crippen LogP contribution in [0.4, 0.5) is 34.1 Å². The second-order valence-corrected chi connectivity index (χ2v) is 20.1. The van der Waals surface area contributed by atoms with Crippen molar-refractivity contribution < 1.29 is 0 Å². The van der Waals surface area contributed by atoms with Crippen LogP contribution in [0.15, 0.2) is 303 Å². The average molecular weight is 995 g/mol. The Hall–Kier alpha value is -10.4. The molecular weight excluding hydrogens is 945 g/mol. The zero-order chi connectivity index (χ0) is 51.5. The Balaban J connectivity index is 0.768. The van der Waals surface area contributed by atoms with Gasteiger partial charge in [-0.15, -0.1) is 0 Å². The topological polar surface area (TPSA) is 16.3 Å². The fourth-order valence-electron chi connectivity index (χ4n) is 12.0. The molecule has 4 heteroatoms. The number of hydrogen-bond acceptors (Lipinski definition) is 2. The molecule has 0 saturated carbocycles. The second kappa shape index (κ2) is 18.7. The molecule has 15 aromatic rings. The first-order valence-corrected chi connectivity index (χ1v) is 26.7. The molecule has 15 rings (SSSR count). The molecule has 2 heterocycles. The van der Waals surface area contributed by atoms with Crippen LogP contribution >= 0.6 is 0 Å². The summed E-state index contributed by atoms with van der Waals surface area (Å²) in [5, 5.41) is 9.70. The number of rotatable bonds is 10. The Labute approximate surface area is 452 Å². The minimum Gasteiger partial charge on any atom is -0.310 e. The summed E-state index contributed by atoms with van der Waals surface area (Å²) in [5.41, 5.74) is 18.4. The number of anilines is 6. The van der Waals surface area contributed by atoms with Crippen molar-refractivity contribution in [3.05, 3.63) is 303 Å². The summed E-state index contributed by atoms with van der Waals surface area (Å²) >= 11 is 0. The van der Waals surface area contributed by atoms with Gasteiger partial charge in [-0.1, -0.05) is 194 Å². The molecule has 0 saturated heterocycles. The first-order chi connectivity index (χ1) is 38.7. The van der Waals surface area contributed by atoms with Gasteiger partial charge in [0.2, 0.25) is 0 Å². The van der Waals surface area contributed by atoms with Crippen molar-refractivity contribution in [3.8, 4) is 33.6 Å².